The van der Waals surface area contributed by atoms with Crippen molar-refractivity contribution in [2.24, 2.45) is 51.1 Å². The number of aliphatic hydroxyl groups excluding tert-OH is 5. The summed E-state index contributed by atoms with van der Waals surface area (Å²) in [6.07, 6.45) is -14.3. The summed E-state index contributed by atoms with van der Waals surface area (Å²) in [4.78, 5) is 0. The van der Waals surface area contributed by atoms with Crippen molar-refractivity contribution in [3.8, 4) is 0 Å². The molecule has 3 heterocycles. The Hall–Kier alpha value is -0.680. The Morgan fingerprint density at radius 2 is 1.10 bits per heavy atom. The summed E-state index contributed by atoms with van der Waals surface area (Å²) in [5.41, 5.74) is 35.8. The Kier molecular flexibility index (Phi) is 13.7. The zero-order valence-corrected chi connectivity index (χ0v) is 31.4. The molecular formula is C34H68N6O11. The van der Waals surface area contributed by atoms with Crippen LogP contribution in [0.2, 0.25) is 0 Å². The van der Waals surface area contributed by atoms with E-state index in [1.54, 1.807) is 13.8 Å². The summed E-state index contributed by atoms with van der Waals surface area (Å²) >= 11 is 0. The molecule has 0 aromatic rings. The van der Waals surface area contributed by atoms with Crippen LogP contribution in [0.3, 0.4) is 0 Å². The third-order valence-corrected chi connectivity index (χ3v) is 10.9. The van der Waals surface area contributed by atoms with Gasteiger partial charge in [-0.15, -0.1) is 0 Å². The number of hydrogen-bond donors (Lipinski definition) is 11. The molecule has 51 heavy (non-hydrogen) atoms. The standard InChI is InChI=1S/C34H68N6O11/c1-32(2,3)10-15-27(51-34(7,8)29-19(39)23(43)21(41)16(11-35)46-29)25(45)31(47-15)50-28-18(33(4,5)6)13(37)9-14(38)26(28)49-30-20(40)24(44)22(42)17(12-36)48-30/h13-31,41-45H,9-12,35-40H2,1-8H3/t13-,14?,15-,16+,17?,18?,19?,20?,21-,22+,23?,24-,25+,26+,27+,28-,29+,30+,31?/m1/s1. The molecule has 4 fully saturated rings. The monoisotopic (exact) mass is 736 g/mol. The molecule has 0 aromatic carbocycles. The zero-order valence-electron chi connectivity index (χ0n) is 31.4. The molecule has 0 bridgehead atoms. The van der Waals surface area contributed by atoms with Crippen LogP contribution in [0.5, 0.6) is 0 Å². The topological polar surface area (TPSA) is 313 Å². The van der Waals surface area contributed by atoms with Gasteiger partial charge in [-0.1, -0.05) is 41.5 Å². The highest BCUT2D eigenvalue weighted by molar-refractivity contribution is 5.06. The zero-order chi connectivity index (χ0) is 38.5. The van der Waals surface area contributed by atoms with E-state index in [2.05, 4.69) is 0 Å². The number of aliphatic hydroxyl groups is 5. The lowest BCUT2D eigenvalue weighted by molar-refractivity contribution is -0.306. The molecule has 7 unspecified atom stereocenters. The lowest BCUT2D eigenvalue weighted by Crippen LogP contribution is -2.68. The maximum Gasteiger partial charge on any atom is 0.186 e. The molecule has 0 radical (unpaired) electrons. The maximum atomic E-state index is 12.0. The Morgan fingerprint density at radius 3 is 1.63 bits per heavy atom. The fourth-order valence-electron chi connectivity index (χ4n) is 8.30. The quantitative estimate of drug-likeness (QED) is 0.104. The summed E-state index contributed by atoms with van der Waals surface area (Å²) in [5.74, 6) is -0.369. The number of hydrogen-bond acceptors (Lipinski definition) is 17. The van der Waals surface area contributed by atoms with Crippen LogP contribution in [0.25, 0.3) is 0 Å². The molecule has 1 aliphatic carbocycles. The van der Waals surface area contributed by atoms with Crippen LogP contribution < -0.4 is 34.4 Å². The SMILES string of the molecule is CC(C)(C)C[C@H]1OC(O[C@@H]2C(C(C)(C)C)[C@H](N)CC(N)[C@@H]2O[C@@H]2OC(CN)[C@H](O)[C@H](O)C2N)[C@@H](O)[C@H]1OC(C)(C)[C@H]1O[C@@H](CN)[C@@H](O)C(O)C1N. The first-order valence-corrected chi connectivity index (χ1v) is 18.2. The van der Waals surface area contributed by atoms with Crippen LogP contribution in [0.15, 0.2) is 0 Å². The van der Waals surface area contributed by atoms with Gasteiger partial charge in [-0.25, -0.2) is 0 Å². The van der Waals surface area contributed by atoms with Crippen molar-refractivity contribution in [1.29, 1.82) is 0 Å². The summed E-state index contributed by atoms with van der Waals surface area (Å²) < 4.78 is 38.3. The van der Waals surface area contributed by atoms with E-state index in [0.717, 1.165) is 0 Å². The first-order chi connectivity index (χ1) is 23.4. The Morgan fingerprint density at radius 1 is 0.588 bits per heavy atom. The predicted octanol–water partition coefficient (Wildman–Crippen LogP) is -3.33. The Labute approximate surface area is 301 Å². The van der Waals surface area contributed by atoms with E-state index in [1.165, 1.54) is 0 Å². The van der Waals surface area contributed by atoms with Gasteiger partial charge in [0.25, 0.3) is 0 Å². The van der Waals surface area contributed by atoms with E-state index in [4.69, 9.17) is 62.8 Å². The molecule has 0 aromatic heterocycles. The lowest BCUT2D eigenvalue weighted by Gasteiger charge is -2.51. The maximum absolute atomic E-state index is 12.0. The Balaban J connectivity index is 1.65. The van der Waals surface area contributed by atoms with Crippen molar-refractivity contribution in [2.45, 2.75) is 184 Å². The van der Waals surface area contributed by atoms with Crippen molar-refractivity contribution in [1.82, 2.24) is 0 Å². The second kappa shape index (κ2) is 16.2. The van der Waals surface area contributed by atoms with Gasteiger partial charge in [-0.3, -0.25) is 0 Å². The predicted molar refractivity (Wildman–Crippen MR) is 186 cm³/mol. The molecule has 0 amide bonds. The largest absolute Gasteiger partial charge is 0.389 e. The second-order valence-corrected chi connectivity index (χ2v) is 17.9. The molecule has 4 aliphatic rings. The first-order valence-electron chi connectivity index (χ1n) is 18.2. The van der Waals surface area contributed by atoms with Gasteiger partial charge in [0.15, 0.2) is 12.6 Å². The fraction of sp³-hybridized carbons (Fsp3) is 1.00. The summed E-state index contributed by atoms with van der Waals surface area (Å²) in [5, 5.41) is 54.3. The normalized spacial score (nSPS) is 47.5. The van der Waals surface area contributed by atoms with Crippen molar-refractivity contribution in [2.75, 3.05) is 13.1 Å². The highest BCUT2D eigenvalue weighted by Gasteiger charge is 2.57. The lowest BCUT2D eigenvalue weighted by atomic mass is 9.66. The number of rotatable bonds is 10. The molecule has 17 heteroatoms. The summed E-state index contributed by atoms with van der Waals surface area (Å²) in [6, 6.07) is -3.24. The minimum Gasteiger partial charge on any atom is -0.389 e. The van der Waals surface area contributed by atoms with Crippen LogP contribution in [-0.2, 0) is 28.4 Å². The van der Waals surface area contributed by atoms with Crippen molar-refractivity contribution < 1.29 is 54.0 Å². The van der Waals surface area contributed by atoms with E-state index in [9.17, 15) is 25.5 Å². The highest BCUT2D eigenvalue weighted by atomic mass is 16.7. The van der Waals surface area contributed by atoms with Crippen molar-refractivity contribution in [3.63, 3.8) is 0 Å². The van der Waals surface area contributed by atoms with Crippen LogP contribution in [0, 0.1) is 16.7 Å². The molecule has 17 nitrogen and oxygen atoms in total. The van der Waals surface area contributed by atoms with Crippen molar-refractivity contribution in [3.05, 3.63) is 0 Å². The van der Waals surface area contributed by atoms with Gasteiger partial charge in [0.2, 0.25) is 0 Å². The van der Waals surface area contributed by atoms with Crippen molar-refractivity contribution >= 4 is 0 Å². The van der Waals surface area contributed by atoms with E-state index in [1.807, 2.05) is 41.5 Å². The van der Waals surface area contributed by atoms with Crippen LogP contribution in [0.1, 0.15) is 68.2 Å². The second-order valence-electron chi connectivity index (χ2n) is 17.9. The van der Waals surface area contributed by atoms with Gasteiger partial charge in [0.05, 0.1) is 36.0 Å². The average molecular weight is 737 g/mol. The Bertz CT molecular complexity index is 1130. The molecule has 3 saturated heterocycles. The minimum atomic E-state index is -1.37. The van der Waals surface area contributed by atoms with Gasteiger partial charge in [-0.2, -0.15) is 0 Å². The van der Waals surface area contributed by atoms with Gasteiger partial charge < -0.3 is 88.4 Å². The van der Waals surface area contributed by atoms with Gasteiger partial charge in [0, 0.05) is 31.1 Å². The third kappa shape index (κ3) is 9.24. The molecular weight excluding hydrogens is 668 g/mol. The molecule has 19 atom stereocenters. The highest BCUT2D eigenvalue weighted by Crippen LogP contribution is 2.44. The van der Waals surface area contributed by atoms with Gasteiger partial charge in [-0.05, 0) is 37.5 Å². The van der Waals surface area contributed by atoms with Gasteiger partial charge in [0.1, 0.15) is 54.9 Å². The van der Waals surface area contributed by atoms with E-state index in [-0.39, 0.29) is 24.4 Å². The molecule has 17 N–H and O–H groups in total. The molecule has 3 aliphatic heterocycles. The summed E-state index contributed by atoms with van der Waals surface area (Å²) in [6.45, 7) is 15.5. The van der Waals surface area contributed by atoms with Crippen LogP contribution in [0.4, 0.5) is 0 Å². The third-order valence-electron chi connectivity index (χ3n) is 10.9. The minimum absolute atomic E-state index is 0.0533. The fourth-order valence-corrected chi connectivity index (χ4v) is 8.30. The van der Waals surface area contributed by atoms with E-state index < -0.39 is 121 Å². The first kappa shape index (κ1) is 43.1. The molecule has 4 rings (SSSR count). The smallest absolute Gasteiger partial charge is 0.186 e. The molecule has 0 spiro atoms. The molecule has 300 valence electrons. The average Bonchev–Trinajstić information content (AvgIpc) is 3.27. The van der Waals surface area contributed by atoms with E-state index in [0.29, 0.717) is 12.8 Å². The molecule has 1 saturated carbocycles. The van der Waals surface area contributed by atoms with Crippen LogP contribution in [-0.4, -0.2) is 154 Å². The number of nitrogens with two attached hydrogens (primary N) is 6. The van der Waals surface area contributed by atoms with Crippen LogP contribution >= 0.6 is 0 Å². The van der Waals surface area contributed by atoms with Gasteiger partial charge >= 0.3 is 0 Å². The summed E-state index contributed by atoms with van der Waals surface area (Å²) in [7, 11) is 0. The number of ether oxygens (including phenoxy) is 6. The van der Waals surface area contributed by atoms with E-state index >= 15 is 0 Å².